The number of benzene rings is 1. The van der Waals surface area contributed by atoms with Crippen LogP contribution in [0.4, 0.5) is 5.82 Å². The molecule has 0 unspecified atom stereocenters. The first-order valence-corrected chi connectivity index (χ1v) is 8.87. The molecule has 1 saturated heterocycles. The molecule has 23 heavy (non-hydrogen) atoms. The van der Waals surface area contributed by atoms with Gasteiger partial charge < -0.3 is 10.0 Å². The molecule has 1 aromatic carbocycles. The van der Waals surface area contributed by atoms with Crippen LogP contribution in [0.3, 0.4) is 0 Å². The van der Waals surface area contributed by atoms with Crippen molar-refractivity contribution >= 4 is 27.4 Å². The predicted molar refractivity (Wildman–Crippen MR) is 93.8 cm³/mol. The Bertz CT molecular complexity index is 781. The summed E-state index contributed by atoms with van der Waals surface area (Å²) in [5.41, 5.74) is 1.02. The largest absolute Gasteiger partial charge is 0.388 e. The van der Waals surface area contributed by atoms with Gasteiger partial charge in [0.15, 0.2) is 0 Å². The van der Waals surface area contributed by atoms with Gasteiger partial charge in [-0.2, -0.15) is 0 Å². The molecule has 1 fully saturated rings. The van der Waals surface area contributed by atoms with Crippen molar-refractivity contribution in [1.82, 2.24) is 9.97 Å². The summed E-state index contributed by atoms with van der Waals surface area (Å²) >= 11 is 1.65. The minimum absolute atomic E-state index is 0.313. The second kappa shape index (κ2) is 6.26. The Labute approximate surface area is 139 Å². The Morgan fingerprint density at radius 1 is 1.09 bits per heavy atom. The van der Waals surface area contributed by atoms with Crippen LogP contribution in [0.1, 0.15) is 24.5 Å². The van der Waals surface area contributed by atoms with Gasteiger partial charge in [-0.05, 0) is 35.8 Å². The van der Waals surface area contributed by atoms with Gasteiger partial charge in [0.2, 0.25) is 0 Å². The van der Waals surface area contributed by atoms with Gasteiger partial charge in [-0.1, -0.05) is 30.3 Å². The summed E-state index contributed by atoms with van der Waals surface area (Å²) in [5, 5.41) is 13.8. The average Bonchev–Trinajstić information content (AvgIpc) is 3.11. The van der Waals surface area contributed by atoms with Crippen LogP contribution in [-0.2, 0) is 0 Å². The van der Waals surface area contributed by atoms with Gasteiger partial charge in [-0.15, -0.1) is 11.3 Å². The fourth-order valence-corrected chi connectivity index (χ4v) is 4.11. The van der Waals surface area contributed by atoms with Crippen LogP contribution in [0.25, 0.3) is 10.2 Å². The van der Waals surface area contributed by atoms with Crippen molar-refractivity contribution in [2.75, 3.05) is 18.0 Å². The third-order valence-corrected chi connectivity index (χ3v) is 5.49. The molecule has 1 aliphatic rings. The number of aliphatic hydroxyl groups excluding tert-OH is 1. The number of aliphatic hydroxyl groups is 1. The second-order valence-corrected chi connectivity index (χ2v) is 6.91. The molecule has 0 radical (unpaired) electrons. The number of fused-ring (bicyclic) bond motifs is 1. The highest BCUT2D eigenvalue weighted by Gasteiger charge is 2.27. The first kappa shape index (κ1) is 14.6. The molecule has 5 heteroatoms. The van der Waals surface area contributed by atoms with Crippen LogP contribution < -0.4 is 4.90 Å². The summed E-state index contributed by atoms with van der Waals surface area (Å²) < 4.78 is 0. The molecule has 1 atom stereocenters. The Hall–Kier alpha value is -1.98. The molecule has 2 aromatic heterocycles. The van der Waals surface area contributed by atoms with Crippen LogP contribution in [0.15, 0.2) is 48.1 Å². The lowest BCUT2D eigenvalue weighted by Gasteiger charge is -2.35. The summed E-state index contributed by atoms with van der Waals surface area (Å²) in [4.78, 5) is 12.2. The molecule has 0 spiro atoms. The number of piperidine rings is 1. The molecule has 118 valence electrons. The average molecular weight is 325 g/mol. The van der Waals surface area contributed by atoms with E-state index in [0.717, 1.165) is 47.5 Å². The Kier molecular flexibility index (Phi) is 3.97. The van der Waals surface area contributed by atoms with E-state index >= 15 is 0 Å². The summed E-state index contributed by atoms with van der Waals surface area (Å²) in [6, 6.07) is 12.1. The summed E-state index contributed by atoms with van der Waals surface area (Å²) in [7, 11) is 0. The van der Waals surface area contributed by atoms with Gasteiger partial charge in [0.25, 0.3) is 0 Å². The van der Waals surface area contributed by atoms with Gasteiger partial charge >= 0.3 is 0 Å². The van der Waals surface area contributed by atoms with Crippen LogP contribution >= 0.6 is 11.3 Å². The molecule has 0 aliphatic carbocycles. The Balaban J connectivity index is 1.48. The highest BCUT2D eigenvalue weighted by Crippen LogP contribution is 2.34. The Morgan fingerprint density at radius 3 is 2.65 bits per heavy atom. The van der Waals surface area contributed by atoms with E-state index in [1.54, 1.807) is 17.7 Å². The summed E-state index contributed by atoms with van der Waals surface area (Å²) in [5.74, 6) is 1.34. The van der Waals surface area contributed by atoms with Crippen LogP contribution in [0, 0.1) is 5.92 Å². The van der Waals surface area contributed by atoms with E-state index in [1.165, 1.54) is 0 Å². The molecular weight excluding hydrogens is 306 g/mol. The zero-order valence-corrected chi connectivity index (χ0v) is 13.6. The van der Waals surface area contributed by atoms with E-state index in [9.17, 15) is 5.11 Å². The van der Waals surface area contributed by atoms with Gasteiger partial charge in [0, 0.05) is 13.1 Å². The predicted octanol–water partition coefficient (Wildman–Crippen LogP) is 3.64. The van der Waals surface area contributed by atoms with E-state index in [0.29, 0.717) is 5.92 Å². The lowest BCUT2D eigenvalue weighted by atomic mass is 9.87. The van der Waals surface area contributed by atoms with Crippen molar-refractivity contribution in [3.05, 3.63) is 53.7 Å². The van der Waals surface area contributed by atoms with Crippen LogP contribution in [-0.4, -0.2) is 28.2 Å². The van der Waals surface area contributed by atoms with Crippen LogP contribution in [0.5, 0.6) is 0 Å². The fourth-order valence-electron chi connectivity index (χ4n) is 3.38. The van der Waals surface area contributed by atoms with Crippen molar-refractivity contribution < 1.29 is 5.11 Å². The number of anilines is 1. The smallest absolute Gasteiger partial charge is 0.140 e. The number of aromatic nitrogens is 2. The number of rotatable bonds is 3. The third kappa shape index (κ3) is 2.82. The minimum Gasteiger partial charge on any atom is -0.388 e. The highest BCUT2D eigenvalue weighted by molar-refractivity contribution is 7.16. The van der Waals surface area contributed by atoms with Crippen LogP contribution in [0.2, 0.25) is 0 Å². The highest BCUT2D eigenvalue weighted by atomic mass is 32.1. The van der Waals surface area contributed by atoms with Gasteiger partial charge in [0.05, 0.1) is 11.5 Å². The number of nitrogens with zero attached hydrogens (tertiary/aromatic N) is 3. The maximum atomic E-state index is 10.6. The molecule has 0 saturated carbocycles. The lowest BCUT2D eigenvalue weighted by Crippen LogP contribution is -2.36. The molecule has 0 amide bonds. The van der Waals surface area contributed by atoms with Crippen molar-refractivity contribution in [3.8, 4) is 0 Å². The van der Waals surface area contributed by atoms with Gasteiger partial charge in [-0.25, -0.2) is 9.97 Å². The second-order valence-electron chi connectivity index (χ2n) is 6.02. The van der Waals surface area contributed by atoms with E-state index in [-0.39, 0.29) is 6.10 Å². The molecule has 0 bridgehead atoms. The van der Waals surface area contributed by atoms with E-state index in [1.807, 2.05) is 30.3 Å². The monoisotopic (exact) mass is 325 g/mol. The summed E-state index contributed by atoms with van der Waals surface area (Å²) in [6.45, 7) is 1.85. The molecule has 4 nitrogen and oxygen atoms in total. The zero-order valence-electron chi connectivity index (χ0n) is 12.8. The molecule has 3 aromatic rings. The van der Waals surface area contributed by atoms with Crippen molar-refractivity contribution in [2.24, 2.45) is 5.92 Å². The van der Waals surface area contributed by atoms with Crippen molar-refractivity contribution in [2.45, 2.75) is 18.9 Å². The quantitative estimate of drug-likeness (QED) is 0.799. The van der Waals surface area contributed by atoms with E-state index in [2.05, 4.69) is 26.3 Å². The first-order chi connectivity index (χ1) is 11.3. The third-order valence-electron chi connectivity index (χ3n) is 4.67. The Morgan fingerprint density at radius 2 is 1.87 bits per heavy atom. The molecule has 4 rings (SSSR count). The summed E-state index contributed by atoms with van der Waals surface area (Å²) in [6.07, 6.45) is 3.24. The zero-order chi connectivity index (χ0) is 15.6. The maximum absolute atomic E-state index is 10.6. The minimum atomic E-state index is -0.370. The topological polar surface area (TPSA) is 49.2 Å². The van der Waals surface area contributed by atoms with Crippen molar-refractivity contribution in [3.63, 3.8) is 0 Å². The fraction of sp³-hybridized carbons (Fsp3) is 0.333. The SMILES string of the molecule is O[C@H](c1ccccc1)C1CCN(c2ncnc3sccc23)CC1. The molecule has 1 N–H and O–H groups in total. The number of hydrogen-bond donors (Lipinski definition) is 1. The normalized spacial score (nSPS) is 17.5. The van der Waals surface area contributed by atoms with Gasteiger partial charge in [-0.3, -0.25) is 0 Å². The maximum Gasteiger partial charge on any atom is 0.140 e. The first-order valence-electron chi connectivity index (χ1n) is 7.99. The number of hydrogen-bond acceptors (Lipinski definition) is 5. The standard InChI is InChI=1S/C18H19N3OS/c22-16(13-4-2-1-3-5-13)14-6-9-21(10-7-14)17-15-8-11-23-18(15)20-12-19-17/h1-5,8,11-12,14,16,22H,6-7,9-10H2/t16-/m1/s1. The van der Waals surface area contributed by atoms with E-state index < -0.39 is 0 Å². The van der Waals surface area contributed by atoms with E-state index in [4.69, 9.17) is 0 Å². The lowest BCUT2D eigenvalue weighted by molar-refractivity contribution is 0.0929. The van der Waals surface area contributed by atoms with Gasteiger partial charge in [0.1, 0.15) is 17.0 Å². The molecule has 1 aliphatic heterocycles. The molecule has 3 heterocycles. The number of thiophene rings is 1. The van der Waals surface area contributed by atoms with Crippen molar-refractivity contribution in [1.29, 1.82) is 0 Å². The molecular formula is C18H19N3OS.